The summed E-state index contributed by atoms with van der Waals surface area (Å²) in [4.78, 5) is -0.682. The Morgan fingerprint density at radius 1 is 1.28 bits per heavy atom. The summed E-state index contributed by atoms with van der Waals surface area (Å²) in [5, 5.41) is -0.939. The summed E-state index contributed by atoms with van der Waals surface area (Å²) in [5.41, 5.74) is 4.11. The molecule has 1 unspecified atom stereocenters. The molecule has 1 aromatic carbocycles. The minimum Gasteiger partial charge on any atom is -0.330 e. The predicted molar refractivity (Wildman–Crippen MR) is 61.8 cm³/mol. The first-order valence-electron chi connectivity index (χ1n) is 5.31. The predicted octanol–water partition coefficient (Wildman–Crippen LogP) is 2.22. The van der Waals surface area contributed by atoms with Gasteiger partial charge in [0.15, 0.2) is 9.84 Å². The summed E-state index contributed by atoms with van der Waals surface area (Å²) in [5.74, 6) is 0. The summed E-state index contributed by atoms with van der Waals surface area (Å²) < 4.78 is 62.3. The Morgan fingerprint density at radius 3 is 2.33 bits per heavy atom. The van der Waals surface area contributed by atoms with Gasteiger partial charge in [-0.25, -0.2) is 8.42 Å². The molecule has 18 heavy (non-hydrogen) atoms. The van der Waals surface area contributed by atoms with Gasteiger partial charge in [-0.2, -0.15) is 13.2 Å². The van der Waals surface area contributed by atoms with Gasteiger partial charge >= 0.3 is 6.18 Å². The first kappa shape index (κ1) is 15.0. The van der Waals surface area contributed by atoms with E-state index in [4.69, 9.17) is 5.73 Å². The van der Waals surface area contributed by atoms with Crippen LogP contribution in [0.3, 0.4) is 0 Å². The molecule has 7 heteroatoms. The highest BCUT2D eigenvalue weighted by Gasteiger charge is 2.38. The lowest BCUT2D eigenvalue weighted by Crippen LogP contribution is -2.24. The van der Waals surface area contributed by atoms with Gasteiger partial charge in [-0.1, -0.05) is 12.1 Å². The molecular weight excluding hydrogens is 267 g/mol. The fourth-order valence-electron chi connectivity index (χ4n) is 1.56. The first-order chi connectivity index (χ1) is 8.21. The van der Waals surface area contributed by atoms with Crippen LogP contribution in [0.1, 0.15) is 18.9 Å². The standard InChI is InChI=1S/C11H14F3NO2S/c1-8(6-7-15)18(16,17)10-5-3-2-4-9(10)11(12,13)14/h2-5,8H,6-7,15H2,1H3. The zero-order chi connectivity index (χ0) is 14.0. The molecule has 0 bridgehead atoms. The molecule has 0 saturated heterocycles. The Kier molecular flexibility index (Phi) is 4.39. The molecule has 0 aromatic heterocycles. The molecule has 0 radical (unpaired) electrons. The fourth-order valence-corrected chi connectivity index (χ4v) is 3.19. The fraction of sp³-hybridized carbons (Fsp3) is 0.455. The summed E-state index contributed by atoms with van der Waals surface area (Å²) in [6.07, 6.45) is -4.57. The number of sulfone groups is 1. The summed E-state index contributed by atoms with van der Waals surface area (Å²) in [6.45, 7) is 1.46. The molecule has 3 nitrogen and oxygen atoms in total. The Hall–Kier alpha value is -1.08. The highest BCUT2D eigenvalue weighted by Crippen LogP contribution is 2.35. The van der Waals surface area contributed by atoms with E-state index in [9.17, 15) is 21.6 Å². The van der Waals surface area contributed by atoms with E-state index in [1.54, 1.807) is 0 Å². The number of hydrogen-bond donors (Lipinski definition) is 1. The van der Waals surface area contributed by atoms with E-state index in [2.05, 4.69) is 0 Å². The molecule has 0 aliphatic carbocycles. The molecular formula is C11H14F3NO2S. The third-order valence-corrected chi connectivity index (χ3v) is 4.87. The third-order valence-electron chi connectivity index (χ3n) is 2.60. The van der Waals surface area contributed by atoms with Crippen LogP contribution in [0.2, 0.25) is 0 Å². The second-order valence-electron chi connectivity index (χ2n) is 3.93. The van der Waals surface area contributed by atoms with Gasteiger partial charge in [0.05, 0.1) is 15.7 Å². The van der Waals surface area contributed by atoms with Crippen LogP contribution in [-0.2, 0) is 16.0 Å². The van der Waals surface area contributed by atoms with Crippen molar-refractivity contribution in [1.82, 2.24) is 0 Å². The van der Waals surface area contributed by atoms with Gasteiger partial charge < -0.3 is 5.73 Å². The Morgan fingerprint density at radius 2 is 1.83 bits per heavy atom. The lowest BCUT2D eigenvalue weighted by atomic mass is 10.2. The minimum absolute atomic E-state index is 0.106. The Labute approximate surface area is 104 Å². The van der Waals surface area contributed by atoms with Crippen LogP contribution < -0.4 is 5.73 Å². The average Bonchev–Trinajstić information content (AvgIpc) is 2.28. The highest BCUT2D eigenvalue weighted by molar-refractivity contribution is 7.92. The molecule has 0 aliphatic rings. The van der Waals surface area contributed by atoms with Gasteiger partial charge in [-0.05, 0) is 32.0 Å². The van der Waals surface area contributed by atoms with E-state index in [1.807, 2.05) is 0 Å². The number of rotatable bonds is 4. The minimum atomic E-state index is -4.69. The topological polar surface area (TPSA) is 60.2 Å². The number of nitrogens with two attached hydrogens (primary N) is 1. The van der Waals surface area contributed by atoms with Crippen molar-refractivity contribution in [2.45, 2.75) is 29.7 Å². The molecule has 0 amide bonds. The lowest BCUT2D eigenvalue weighted by molar-refractivity contribution is -0.139. The highest BCUT2D eigenvalue weighted by atomic mass is 32.2. The molecule has 0 saturated carbocycles. The largest absolute Gasteiger partial charge is 0.417 e. The summed E-state index contributed by atoms with van der Waals surface area (Å²) >= 11 is 0. The number of benzene rings is 1. The van der Waals surface area contributed by atoms with E-state index >= 15 is 0 Å². The van der Waals surface area contributed by atoms with Crippen molar-refractivity contribution in [3.05, 3.63) is 29.8 Å². The van der Waals surface area contributed by atoms with E-state index in [-0.39, 0.29) is 13.0 Å². The van der Waals surface area contributed by atoms with Crippen LogP contribution in [0, 0.1) is 0 Å². The zero-order valence-electron chi connectivity index (χ0n) is 9.74. The molecule has 102 valence electrons. The van der Waals surface area contributed by atoms with Crippen LogP contribution >= 0.6 is 0 Å². The molecule has 1 atom stereocenters. The normalized spacial score (nSPS) is 14.5. The van der Waals surface area contributed by atoms with Crippen molar-refractivity contribution in [3.8, 4) is 0 Å². The zero-order valence-corrected chi connectivity index (χ0v) is 10.6. The first-order valence-corrected chi connectivity index (χ1v) is 6.86. The van der Waals surface area contributed by atoms with Crippen LogP contribution in [0.5, 0.6) is 0 Å². The van der Waals surface area contributed by atoms with Gasteiger partial charge in [0.1, 0.15) is 0 Å². The van der Waals surface area contributed by atoms with Crippen molar-refractivity contribution in [2.24, 2.45) is 5.73 Å². The van der Waals surface area contributed by atoms with Gasteiger partial charge in [-0.3, -0.25) is 0 Å². The maximum Gasteiger partial charge on any atom is 0.417 e. The Bertz CT molecular complexity index is 511. The van der Waals surface area contributed by atoms with Gasteiger partial charge in [0.25, 0.3) is 0 Å². The SMILES string of the molecule is CC(CCN)S(=O)(=O)c1ccccc1C(F)(F)F. The van der Waals surface area contributed by atoms with Crippen molar-refractivity contribution < 1.29 is 21.6 Å². The molecule has 0 aliphatic heterocycles. The second kappa shape index (κ2) is 5.27. The molecule has 0 heterocycles. The van der Waals surface area contributed by atoms with Gasteiger partial charge in [0.2, 0.25) is 0 Å². The molecule has 2 N–H and O–H groups in total. The Balaban J connectivity index is 3.34. The van der Waals surface area contributed by atoms with Gasteiger partial charge in [0, 0.05) is 0 Å². The van der Waals surface area contributed by atoms with Crippen LogP contribution in [0.4, 0.5) is 13.2 Å². The van der Waals surface area contributed by atoms with Crippen LogP contribution in [0.15, 0.2) is 29.2 Å². The number of alkyl halides is 3. The van der Waals surface area contributed by atoms with Crippen molar-refractivity contribution in [2.75, 3.05) is 6.54 Å². The molecule has 1 rings (SSSR count). The number of hydrogen-bond acceptors (Lipinski definition) is 3. The molecule has 1 aromatic rings. The third kappa shape index (κ3) is 3.02. The smallest absolute Gasteiger partial charge is 0.330 e. The van der Waals surface area contributed by atoms with Crippen LogP contribution in [-0.4, -0.2) is 20.2 Å². The number of halogens is 3. The van der Waals surface area contributed by atoms with E-state index in [1.165, 1.54) is 13.0 Å². The maximum absolute atomic E-state index is 12.7. The monoisotopic (exact) mass is 281 g/mol. The maximum atomic E-state index is 12.7. The van der Waals surface area contributed by atoms with E-state index in [0.29, 0.717) is 0 Å². The molecule has 0 fully saturated rings. The van der Waals surface area contributed by atoms with Crippen molar-refractivity contribution in [1.29, 1.82) is 0 Å². The van der Waals surface area contributed by atoms with Gasteiger partial charge in [-0.15, -0.1) is 0 Å². The van der Waals surface area contributed by atoms with Crippen molar-refractivity contribution in [3.63, 3.8) is 0 Å². The average molecular weight is 281 g/mol. The molecule has 0 spiro atoms. The second-order valence-corrected chi connectivity index (χ2v) is 6.26. The van der Waals surface area contributed by atoms with Crippen LogP contribution in [0.25, 0.3) is 0 Å². The summed E-state index contributed by atoms with van der Waals surface area (Å²) in [6, 6.07) is 4.18. The van der Waals surface area contributed by atoms with Crippen molar-refractivity contribution >= 4 is 9.84 Å². The quantitative estimate of drug-likeness (QED) is 0.920. The van der Waals surface area contributed by atoms with E-state index < -0.39 is 31.7 Å². The summed E-state index contributed by atoms with van der Waals surface area (Å²) in [7, 11) is -4.01. The lowest BCUT2D eigenvalue weighted by Gasteiger charge is -2.16. The van der Waals surface area contributed by atoms with E-state index in [0.717, 1.165) is 18.2 Å².